The number of nitrogens with zero attached hydrogens (tertiary/aromatic N) is 1. The van der Waals surface area contributed by atoms with Crippen molar-refractivity contribution in [1.82, 2.24) is 4.57 Å². The summed E-state index contributed by atoms with van der Waals surface area (Å²) in [6, 6.07) is 3.98. The van der Waals surface area contributed by atoms with E-state index in [4.69, 9.17) is 9.47 Å². The molecule has 0 aliphatic rings. The summed E-state index contributed by atoms with van der Waals surface area (Å²) in [6.07, 6.45) is 0.711. The molecular weight excluding hydrogens is 314 g/mol. The maximum absolute atomic E-state index is 12.5. The van der Waals surface area contributed by atoms with E-state index in [2.05, 4.69) is 4.74 Å². The van der Waals surface area contributed by atoms with Crippen molar-refractivity contribution in [2.24, 2.45) is 7.05 Å². The van der Waals surface area contributed by atoms with Crippen molar-refractivity contribution >= 4 is 16.9 Å². The second-order valence-electron chi connectivity index (χ2n) is 5.14. The third kappa shape index (κ3) is 3.10. The molecule has 1 aromatic carbocycles. The molecule has 0 aliphatic heterocycles. The lowest BCUT2D eigenvalue weighted by Gasteiger charge is -2.09. The summed E-state index contributed by atoms with van der Waals surface area (Å²) in [4.78, 5) is 36.7. The van der Waals surface area contributed by atoms with Gasteiger partial charge in [-0.25, -0.2) is 4.79 Å². The van der Waals surface area contributed by atoms with Crippen molar-refractivity contribution in [1.29, 1.82) is 0 Å². The van der Waals surface area contributed by atoms with E-state index in [0.717, 1.165) is 0 Å². The molecule has 7 heteroatoms. The second-order valence-corrected chi connectivity index (χ2v) is 5.14. The van der Waals surface area contributed by atoms with Gasteiger partial charge in [-0.1, -0.05) is 6.92 Å². The number of rotatable bonds is 5. The number of pyridine rings is 1. The topological polar surface area (TPSA) is 83.8 Å². The molecule has 0 saturated heterocycles. The molecule has 0 unspecified atom stereocenters. The minimum Gasteiger partial charge on any atom is -0.492 e. The largest absolute Gasteiger partial charge is 0.492 e. The van der Waals surface area contributed by atoms with Crippen LogP contribution in [0.15, 0.2) is 27.8 Å². The van der Waals surface area contributed by atoms with Gasteiger partial charge >= 0.3 is 5.97 Å². The molecule has 0 bridgehead atoms. The van der Waals surface area contributed by atoms with Gasteiger partial charge in [-0.3, -0.25) is 9.59 Å². The minimum atomic E-state index is -0.647. The Bertz CT molecular complexity index is 900. The molecule has 0 saturated carbocycles. The van der Waals surface area contributed by atoms with E-state index >= 15 is 0 Å². The highest BCUT2D eigenvalue weighted by molar-refractivity contribution is 5.92. The number of hydrogen-bond acceptors (Lipinski definition) is 6. The Morgan fingerprint density at radius 2 is 1.83 bits per heavy atom. The van der Waals surface area contributed by atoms with Crippen LogP contribution in [0.25, 0.3) is 10.9 Å². The number of carbonyl (C=O) groups excluding carboxylic acids is 1. The van der Waals surface area contributed by atoms with Crippen molar-refractivity contribution in [2.75, 3.05) is 20.8 Å². The van der Waals surface area contributed by atoms with Gasteiger partial charge < -0.3 is 18.8 Å². The third-order valence-corrected chi connectivity index (χ3v) is 3.60. The summed E-state index contributed by atoms with van der Waals surface area (Å²) < 4.78 is 16.8. The van der Waals surface area contributed by atoms with Gasteiger partial charge in [0.2, 0.25) is 0 Å². The first-order chi connectivity index (χ1) is 11.4. The van der Waals surface area contributed by atoms with E-state index in [9.17, 15) is 14.4 Å². The van der Waals surface area contributed by atoms with Crippen molar-refractivity contribution in [3.8, 4) is 11.5 Å². The van der Waals surface area contributed by atoms with E-state index in [1.165, 1.54) is 37.0 Å². The van der Waals surface area contributed by atoms with E-state index in [1.807, 2.05) is 6.92 Å². The number of esters is 1. The number of hydrogen-bond donors (Lipinski definition) is 0. The zero-order valence-electron chi connectivity index (χ0n) is 14.0. The molecule has 0 fully saturated rings. The molecule has 2 rings (SSSR count). The number of methoxy groups -OCH3 is 2. The SMILES string of the molecule is CCCOc1cc2c(=O)cc(C(=O)OC)n(C)c2cc(OC)c1=O. The lowest BCUT2D eigenvalue weighted by atomic mass is 10.2. The average Bonchev–Trinajstić information content (AvgIpc) is 2.72. The van der Waals surface area contributed by atoms with Crippen LogP contribution in [0.4, 0.5) is 0 Å². The van der Waals surface area contributed by atoms with Gasteiger partial charge in [0.15, 0.2) is 16.9 Å². The molecule has 0 radical (unpaired) electrons. The van der Waals surface area contributed by atoms with Crippen LogP contribution in [0.3, 0.4) is 0 Å². The number of ether oxygens (including phenoxy) is 3. The first-order valence-corrected chi connectivity index (χ1v) is 7.41. The van der Waals surface area contributed by atoms with Crippen LogP contribution >= 0.6 is 0 Å². The van der Waals surface area contributed by atoms with Crippen molar-refractivity contribution in [2.45, 2.75) is 13.3 Å². The van der Waals surface area contributed by atoms with Gasteiger partial charge in [0, 0.05) is 24.6 Å². The average molecular weight is 333 g/mol. The zero-order valence-corrected chi connectivity index (χ0v) is 14.0. The summed E-state index contributed by atoms with van der Waals surface area (Å²) >= 11 is 0. The monoisotopic (exact) mass is 333 g/mol. The van der Waals surface area contributed by atoms with Crippen LogP contribution in [-0.2, 0) is 11.8 Å². The Morgan fingerprint density at radius 3 is 2.42 bits per heavy atom. The second kappa shape index (κ2) is 7.16. The van der Waals surface area contributed by atoms with Crippen molar-refractivity contribution in [3.05, 3.63) is 44.3 Å². The highest BCUT2D eigenvalue weighted by Crippen LogP contribution is 2.19. The fourth-order valence-electron chi connectivity index (χ4n) is 2.33. The Hall–Kier alpha value is -2.83. The number of aromatic nitrogens is 1. The summed E-state index contributed by atoms with van der Waals surface area (Å²) in [5.41, 5.74) is -0.432. The normalized spacial score (nSPS) is 10.5. The van der Waals surface area contributed by atoms with Gasteiger partial charge in [-0.2, -0.15) is 0 Å². The predicted octanol–water partition coefficient (Wildman–Crippen LogP) is 1.48. The number of fused-ring (bicyclic) bond motifs is 1. The number of aryl methyl sites for hydroxylation is 1. The summed E-state index contributed by atoms with van der Waals surface area (Å²) in [7, 11) is 4.19. The Balaban J connectivity index is 2.92. The van der Waals surface area contributed by atoms with Gasteiger partial charge in [-0.15, -0.1) is 0 Å². The molecule has 7 nitrogen and oxygen atoms in total. The van der Waals surface area contributed by atoms with Crippen LogP contribution in [0.2, 0.25) is 0 Å². The summed E-state index contributed by atoms with van der Waals surface area (Å²) in [6.45, 7) is 2.24. The molecule has 24 heavy (non-hydrogen) atoms. The maximum atomic E-state index is 12.5. The molecule has 0 amide bonds. The Morgan fingerprint density at radius 1 is 1.12 bits per heavy atom. The Labute approximate surface area is 138 Å². The first kappa shape index (κ1) is 17.5. The lowest BCUT2D eigenvalue weighted by molar-refractivity contribution is 0.0589. The van der Waals surface area contributed by atoms with Crippen LogP contribution in [0.1, 0.15) is 23.8 Å². The van der Waals surface area contributed by atoms with Gasteiger partial charge in [0.05, 0.1) is 26.3 Å². The molecular formula is C17H19NO6. The van der Waals surface area contributed by atoms with Crippen LogP contribution in [-0.4, -0.2) is 31.4 Å². The highest BCUT2D eigenvalue weighted by atomic mass is 16.5. The molecule has 1 aromatic heterocycles. The zero-order chi connectivity index (χ0) is 17.9. The fraction of sp³-hybridized carbons (Fsp3) is 0.353. The maximum Gasteiger partial charge on any atom is 0.354 e. The van der Waals surface area contributed by atoms with Crippen LogP contribution in [0.5, 0.6) is 11.5 Å². The first-order valence-electron chi connectivity index (χ1n) is 7.41. The molecule has 0 N–H and O–H groups in total. The van der Waals surface area contributed by atoms with E-state index in [0.29, 0.717) is 18.5 Å². The molecule has 1 heterocycles. The number of carbonyl (C=O) groups is 1. The van der Waals surface area contributed by atoms with E-state index < -0.39 is 16.8 Å². The van der Waals surface area contributed by atoms with Gasteiger partial charge in [-0.05, 0) is 12.5 Å². The van der Waals surface area contributed by atoms with Crippen LogP contribution in [0, 0.1) is 0 Å². The fourth-order valence-corrected chi connectivity index (χ4v) is 2.33. The molecule has 2 aromatic rings. The third-order valence-electron chi connectivity index (χ3n) is 3.60. The summed E-state index contributed by atoms with van der Waals surface area (Å²) in [5, 5.41) is 0.247. The molecule has 0 aliphatic carbocycles. The molecule has 0 atom stereocenters. The van der Waals surface area contributed by atoms with Crippen LogP contribution < -0.4 is 20.3 Å². The van der Waals surface area contributed by atoms with Crippen molar-refractivity contribution < 1.29 is 19.0 Å². The van der Waals surface area contributed by atoms with Gasteiger partial charge in [0.1, 0.15) is 5.69 Å². The van der Waals surface area contributed by atoms with Crippen molar-refractivity contribution in [3.63, 3.8) is 0 Å². The minimum absolute atomic E-state index is 0.0214. The molecule has 0 spiro atoms. The smallest absolute Gasteiger partial charge is 0.354 e. The quantitative estimate of drug-likeness (QED) is 0.771. The van der Waals surface area contributed by atoms with E-state index in [1.54, 1.807) is 7.05 Å². The van der Waals surface area contributed by atoms with E-state index in [-0.39, 0.29) is 22.6 Å². The Kier molecular flexibility index (Phi) is 5.23. The lowest BCUT2D eigenvalue weighted by Crippen LogP contribution is -2.16. The predicted molar refractivity (Wildman–Crippen MR) is 89.1 cm³/mol. The standard InChI is InChI=1S/C17H19NO6/c1-5-6-24-15-7-10-11(9-14(22-3)16(15)20)18(2)12(8-13(10)19)17(21)23-4/h7-9H,5-6H2,1-4H3. The molecule has 128 valence electrons. The summed E-state index contributed by atoms with van der Waals surface area (Å²) in [5.74, 6) is -0.591. The highest BCUT2D eigenvalue weighted by Gasteiger charge is 2.16. The van der Waals surface area contributed by atoms with Gasteiger partial charge in [0.25, 0.3) is 5.43 Å².